The Morgan fingerprint density at radius 3 is 2.03 bits per heavy atom. The molecule has 1 aliphatic heterocycles. The van der Waals surface area contributed by atoms with E-state index in [0.29, 0.717) is 12.0 Å². The van der Waals surface area contributed by atoms with Gasteiger partial charge < -0.3 is 4.74 Å². The monoisotopic (exact) mass is 398 g/mol. The Balaban J connectivity index is 0.000000200. The molecule has 6 unspecified atom stereocenters. The SMILES string of the molecule is C.CC1=CC2C(C=C1)CCCC2C(C)C.CC1=CC2C(C=C1)OCCC2C(C)C. The first-order valence-corrected chi connectivity index (χ1v) is 11.7. The number of hydrogen-bond donors (Lipinski definition) is 0. The molecule has 0 aromatic carbocycles. The lowest BCUT2D eigenvalue weighted by molar-refractivity contribution is -0.0257. The molecule has 1 nitrogen and oxygen atoms in total. The van der Waals surface area contributed by atoms with Crippen LogP contribution in [0.3, 0.4) is 0 Å². The molecule has 4 aliphatic rings. The van der Waals surface area contributed by atoms with Gasteiger partial charge in [-0.25, -0.2) is 0 Å². The highest BCUT2D eigenvalue weighted by molar-refractivity contribution is 5.26. The van der Waals surface area contributed by atoms with Gasteiger partial charge in [0.1, 0.15) is 0 Å². The van der Waals surface area contributed by atoms with Gasteiger partial charge in [0, 0.05) is 12.5 Å². The lowest BCUT2D eigenvalue weighted by Gasteiger charge is -2.39. The van der Waals surface area contributed by atoms with Gasteiger partial charge in [0.2, 0.25) is 0 Å². The summed E-state index contributed by atoms with van der Waals surface area (Å²) in [5.41, 5.74) is 2.86. The van der Waals surface area contributed by atoms with Gasteiger partial charge in [-0.2, -0.15) is 0 Å². The Labute approximate surface area is 181 Å². The first kappa shape index (κ1) is 24.2. The highest BCUT2D eigenvalue weighted by Crippen LogP contribution is 2.42. The number of rotatable bonds is 2. The van der Waals surface area contributed by atoms with Gasteiger partial charge in [0.15, 0.2) is 0 Å². The lowest BCUT2D eigenvalue weighted by atomic mass is 9.66. The van der Waals surface area contributed by atoms with Gasteiger partial charge in [0.25, 0.3) is 0 Å². The second kappa shape index (κ2) is 10.8. The first-order valence-electron chi connectivity index (χ1n) is 11.7. The molecular formula is C28H46O. The summed E-state index contributed by atoms with van der Waals surface area (Å²) in [6, 6.07) is 0. The molecule has 1 saturated heterocycles. The fourth-order valence-corrected chi connectivity index (χ4v) is 5.85. The van der Waals surface area contributed by atoms with E-state index in [1.807, 2.05) is 0 Å². The van der Waals surface area contributed by atoms with Crippen LogP contribution in [0.1, 0.15) is 74.7 Å². The van der Waals surface area contributed by atoms with E-state index >= 15 is 0 Å². The maximum absolute atomic E-state index is 5.78. The summed E-state index contributed by atoms with van der Waals surface area (Å²) in [4.78, 5) is 0. The van der Waals surface area contributed by atoms with E-state index in [1.54, 1.807) is 0 Å². The van der Waals surface area contributed by atoms with Crippen molar-refractivity contribution in [3.8, 4) is 0 Å². The maximum Gasteiger partial charge on any atom is 0.0824 e. The zero-order chi connectivity index (χ0) is 20.3. The minimum absolute atomic E-state index is 0. The molecule has 0 amide bonds. The largest absolute Gasteiger partial charge is 0.374 e. The van der Waals surface area contributed by atoms with Crippen molar-refractivity contribution in [3.05, 3.63) is 47.6 Å². The van der Waals surface area contributed by atoms with Crippen LogP contribution in [0.5, 0.6) is 0 Å². The van der Waals surface area contributed by atoms with Gasteiger partial charge in [-0.05, 0) is 68.6 Å². The summed E-state index contributed by atoms with van der Waals surface area (Å²) in [5.74, 6) is 5.64. The molecule has 1 heterocycles. The molecule has 0 N–H and O–H groups in total. The predicted octanol–water partition coefficient (Wildman–Crippen LogP) is 8.01. The van der Waals surface area contributed by atoms with Crippen molar-refractivity contribution in [1.82, 2.24) is 0 Å². The molecule has 2 fully saturated rings. The Bertz CT molecular complexity index is 577. The average Bonchev–Trinajstić information content (AvgIpc) is 2.67. The van der Waals surface area contributed by atoms with Crippen molar-refractivity contribution in [1.29, 1.82) is 0 Å². The normalized spacial score (nSPS) is 35.6. The zero-order valence-corrected chi connectivity index (χ0v) is 19.0. The fourth-order valence-electron chi connectivity index (χ4n) is 5.85. The predicted molar refractivity (Wildman–Crippen MR) is 128 cm³/mol. The highest BCUT2D eigenvalue weighted by Gasteiger charge is 2.34. The number of allylic oxidation sites excluding steroid dienone is 6. The van der Waals surface area contributed by atoms with E-state index < -0.39 is 0 Å². The van der Waals surface area contributed by atoms with E-state index in [9.17, 15) is 0 Å². The van der Waals surface area contributed by atoms with Crippen LogP contribution >= 0.6 is 0 Å². The zero-order valence-electron chi connectivity index (χ0n) is 19.0. The van der Waals surface area contributed by atoms with Crippen LogP contribution in [-0.2, 0) is 4.74 Å². The highest BCUT2D eigenvalue weighted by atomic mass is 16.5. The second-order valence-corrected chi connectivity index (χ2v) is 10.2. The number of ether oxygens (including phenoxy) is 1. The van der Waals surface area contributed by atoms with Gasteiger partial charge in [-0.3, -0.25) is 0 Å². The van der Waals surface area contributed by atoms with Crippen molar-refractivity contribution in [3.63, 3.8) is 0 Å². The number of hydrogen-bond acceptors (Lipinski definition) is 1. The van der Waals surface area contributed by atoms with Crippen molar-refractivity contribution in [2.45, 2.75) is 80.8 Å². The summed E-state index contributed by atoms with van der Waals surface area (Å²) in [6.07, 6.45) is 19.9. The van der Waals surface area contributed by atoms with Crippen molar-refractivity contribution >= 4 is 0 Å². The lowest BCUT2D eigenvalue weighted by Crippen LogP contribution is -2.37. The Hall–Kier alpha value is -1.08. The Kier molecular flexibility index (Phi) is 9.01. The van der Waals surface area contributed by atoms with Gasteiger partial charge in [0.05, 0.1) is 6.10 Å². The molecule has 6 atom stereocenters. The molecule has 0 aromatic rings. The smallest absolute Gasteiger partial charge is 0.0824 e. The van der Waals surface area contributed by atoms with Gasteiger partial charge in [-0.15, -0.1) is 0 Å². The fraction of sp³-hybridized carbons (Fsp3) is 0.714. The van der Waals surface area contributed by atoms with Crippen LogP contribution < -0.4 is 0 Å². The van der Waals surface area contributed by atoms with E-state index in [-0.39, 0.29) is 7.43 Å². The number of fused-ring (bicyclic) bond motifs is 2. The van der Waals surface area contributed by atoms with Gasteiger partial charge >= 0.3 is 0 Å². The second-order valence-electron chi connectivity index (χ2n) is 10.2. The molecule has 3 aliphatic carbocycles. The third kappa shape index (κ3) is 5.97. The summed E-state index contributed by atoms with van der Waals surface area (Å²) in [5, 5.41) is 0. The van der Waals surface area contributed by atoms with Crippen LogP contribution in [0.4, 0.5) is 0 Å². The molecule has 0 bridgehead atoms. The minimum atomic E-state index is 0. The van der Waals surface area contributed by atoms with Crippen LogP contribution in [0, 0.1) is 41.4 Å². The Morgan fingerprint density at radius 1 is 0.793 bits per heavy atom. The van der Waals surface area contributed by atoms with Crippen molar-refractivity contribution < 1.29 is 4.74 Å². The maximum atomic E-state index is 5.78. The summed E-state index contributed by atoms with van der Waals surface area (Å²) < 4.78 is 5.78. The van der Waals surface area contributed by atoms with Crippen molar-refractivity contribution in [2.75, 3.05) is 6.61 Å². The Morgan fingerprint density at radius 2 is 1.38 bits per heavy atom. The average molecular weight is 399 g/mol. The molecule has 4 rings (SSSR count). The molecule has 0 radical (unpaired) electrons. The summed E-state index contributed by atoms with van der Waals surface area (Å²) >= 11 is 0. The van der Waals surface area contributed by atoms with E-state index in [0.717, 1.165) is 42.1 Å². The quantitative estimate of drug-likeness (QED) is 0.457. The standard InChI is InChI=1S/C14H22.C13H20O.CH4/c1-10(2)13-6-4-5-12-8-7-11(3)9-14(12)13;1-9(2)11-6-7-14-13-5-4-10(3)8-12(11)13;/h7-10,12-14H,4-6H2,1-3H3;4-5,8-9,11-13H,6-7H2,1-3H3;1H4. The molecule has 164 valence electrons. The summed E-state index contributed by atoms with van der Waals surface area (Å²) in [6.45, 7) is 14.8. The topological polar surface area (TPSA) is 9.23 Å². The molecule has 0 aromatic heterocycles. The van der Waals surface area contributed by atoms with Crippen LogP contribution in [0.2, 0.25) is 0 Å². The summed E-state index contributed by atoms with van der Waals surface area (Å²) in [7, 11) is 0. The van der Waals surface area contributed by atoms with Crippen LogP contribution in [0.15, 0.2) is 47.6 Å². The van der Waals surface area contributed by atoms with Crippen molar-refractivity contribution in [2.24, 2.45) is 41.4 Å². The van der Waals surface area contributed by atoms with E-state index in [1.165, 1.54) is 36.8 Å². The molecule has 1 saturated carbocycles. The molecule has 0 spiro atoms. The molecule has 1 heteroatoms. The molecule has 29 heavy (non-hydrogen) atoms. The first-order chi connectivity index (χ1) is 13.4. The van der Waals surface area contributed by atoms with E-state index in [2.05, 4.69) is 78.0 Å². The third-order valence-corrected chi connectivity index (χ3v) is 7.48. The van der Waals surface area contributed by atoms with Gasteiger partial charge in [-0.1, -0.05) is 89.1 Å². The van der Waals surface area contributed by atoms with Crippen LogP contribution in [-0.4, -0.2) is 12.7 Å². The molecular weight excluding hydrogens is 352 g/mol. The van der Waals surface area contributed by atoms with E-state index in [4.69, 9.17) is 4.74 Å². The minimum Gasteiger partial charge on any atom is -0.374 e. The third-order valence-electron chi connectivity index (χ3n) is 7.48. The van der Waals surface area contributed by atoms with Crippen LogP contribution in [0.25, 0.3) is 0 Å².